The third-order valence-corrected chi connectivity index (χ3v) is 2.36. The van der Waals surface area contributed by atoms with Crippen LogP contribution in [0.4, 0.5) is 0 Å². The van der Waals surface area contributed by atoms with Gasteiger partial charge in [0.25, 0.3) is 0 Å². The number of hydrogen-bond acceptors (Lipinski definition) is 2. The molecule has 1 aliphatic rings. The van der Waals surface area contributed by atoms with Crippen molar-refractivity contribution in [1.29, 1.82) is 0 Å². The normalized spacial score (nSPS) is 16.7. The van der Waals surface area contributed by atoms with Crippen LogP contribution < -0.4 is 5.32 Å². The van der Waals surface area contributed by atoms with Crippen LogP contribution in [0, 0.1) is 6.33 Å². The van der Waals surface area contributed by atoms with Crippen molar-refractivity contribution in [1.82, 2.24) is 20.3 Å². The van der Waals surface area contributed by atoms with E-state index in [0.717, 1.165) is 30.7 Å². The largest absolute Gasteiger partial charge is 0.343 e. The monoisotopic (exact) mass is 161 g/mol. The van der Waals surface area contributed by atoms with Crippen molar-refractivity contribution in [2.24, 2.45) is 0 Å². The number of rotatable bonds is 0. The lowest BCUT2D eigenvalue weighted by atomic mass is 10.1. The number of nitrogens with one attached hydrogen (secondary N) is 3. The van der Waals surface area contributed by atoms with Gasteiger partial charge in [0.15, 0.2) is 6.33 Å². The molecule has 4 heteroatoms. The van der Waals surface area contributed by atoms with E-state index in [1.54, 1.807) is 0 Å². The molecule has 0 saturated carbocycles. The Labute approximate surface area is 69.4 Å². The molecular formula is C8H9N4. The summed E-state index contributed by atoms with van der Waals surface area (Å²) in [5.41, 5.74) is 4.66. The second kappa shape index (κ2) is 2.10. The van der Waals surface area contributed by atoms with Crippen LogP contribution in [0.5, 0.6) is 0 Å². The van der Waals surface area contributed by atoms with Gasteiger partial charge in [-0.1, -0.05) is 0 Å². The zero-order chi connectivity index (χ0) is 7.97. The van der Waals surface area contributed by atoms with E-state index in [9.17, 15) is 0 Å². The maximum atomic E-state index is 4.14. The summed E-state index contributed by atoms with van der Waals surface area (Å²) in [5.74, 6) is 0. The molecule has 1 radical (unpaired) electrons. The van der Waals surface area contributed by atoms with Gasteiger partial charge in [-0.2, -0.15) is 0 Å². The van der Waals surface area contributed by atoms with Crippen molar-refractivity contribution in [3.63, 3.8) is 0 Å². The number of nitrogens with zero attached hydrogens (tertiary/aromatic N) is 1. The molecule has 3 heterocycles. The van der Waals surface area contributed by atoms with E-state index in [-0.39, 0.29) is 0 Å². The van der Waals surface area contributed by atoms with Crippen LogP contribution in [0.3, 0.4) is 0 Å². The summed E-state index contributed by atoms with van der Waals surface area (Å²) in [6.07, 6.45) is 3.80. The van der Waals surface area contributed by atoms with Gasteiger partial charge >= 0.3 is 0 Å². The summed E-state index contributed by atoms with van der Waals surface area (Å²) in [5, 5.41) is 3.32. The Bertz CT molecular complexity index is 412. The maximum absolute atomic E-state index is 4.14. The van der Waals surface area contributed by atoms with Crippen molar-refractivity contribution in [2.45, 2.75) is 13.0 Å². The van der Waals surface area contributed by atoms with Gasteiger partial charge in [0.2, 0.25) is 0 Å². The molecule has 2 aromatic heterocycles. The molecule has 61 valence electrons. The summed E-state index contributed by atoms with van der Waals surface area (Å²) in [7, 11) is 0. The lowest BCUT2D eigenvalue weighted by molar-refractivity contribution is 0.639. The Kier molecular flexibility index (Phi) is 1.10. The van der Waals surface area contributed by atoms with Crippen LogP contribution in [0.1, 0.15) is 11.3 Å². The highest BCUT2D eigenvalue weighted by Crippen LogP contribution is 2.21. The Morgan fingerprint density at radius 3 is 3.42 bits per heavy atom. The van der Waals surface area contributed by atoms with E-state index in [4.69, 9.17) is 0 Å². The smallest absolute Gasteiger partial charge is 0.175 e. The lowest BCUT2D eigenvalue weighted by Gasteiger charge is -2.11. The Morgan fingerprint density at radius 2 is 2.42 bits per heavy atom. The van der Waals surface area contributed by atoms with Gasteiger partial charge in [0.1, 0.15) is 11.2 Å². The number of aromatic amines is 2. The second-order valence-electron chi connectivity index (χ2n) is 3.08. The van der Waals surface area contributed by atoms with Gasteiger partial charge in [0, 0.05) is 30.8 Å². The predicted octanol–water partition coefficient (Wildman–Crippen LogP) is 0.337. The summed E-state index contributed by atoms with van der Waals surface area (Å²) in [6.45, 7) is 1.98. The first-order valence-electron chi connectivity index (χ1n) is 4.11. The third-order valence-electron chi connectivity index (χ3n) is 2.36. The Morgan fingerprint density at radius 1 is 1.42 bits per heavy atom. The van der Waals surface area contributed by atoms with E-state index in [0.29, 0.717) is 0 Å². The zero-order valence-corrected chi connectivity index (χ0v) is 6.57. The SMILES string of the molecule is [c]1nc2c3c([nH]c2[nH]1)CCNC3. The lowest BCUT2D eigenvalue weighted by Crippen LogP contribution is -2.23. The minimum absolute atomic E-state index is 0.925. The summed E-state index contributed by atoms with van der Waals surface area (Å²) in [6, 6.07) is 0. The zero-order valence-electron chi connectivity index (χ0n) is 6.57. The Balaban J connectivity index is 2.34. The molecule has 2 aromatic rings. The van der Waals surface area contributed by atoms with Crippen LogP contribution in [0.2, 0.25) is 0 Å². The average molecular weight is 161 g/mol. The second-order valence-corrected chi connectivity index (χ2v) is 3.08. The molecule has 0 bridgehead atoms. The fourth-order valence-electron chi connectivity index (χ4n) is 1.76. The van der Waals surface area contributed by atoms with Crippen molar-refractivity contribution in [3.05, 3.63) is 17.6 Å². The highest BCUT2D eigenvalue weighted by atomic mass is 15.0. The first kappa shape index (κ1) is 6.25. The minimum atomic E-state index is 0.925. The predicted molar refractivity (Wildman–Crippen MR) is 44.7 cm³/mol. The van der Waals surface area contributed by atoms with Crippen molar-refractivity contribution < 1.29 is 0 Å². The molecule has 4 nitrogen and oxygen atoms in total. The molecule has 3 rings (SSSR count). The topological polar surface area (TPSA) is 56.5 Å². The van der Waals surface area contributed by atoms with Crippen LogP contribution in [0.25, 0.3) is 11.2 Å². The molecule has 0 unspecified atom stereocenters. The molecule has 0 aromatic carbocycles. The van der Waals surface area contributed by atoms with Crippen LogP contribution >= 0.6 is 0 Å². The first-order chi connectivity index (χ1) is 5.95. The molecule has 0 aliphatic carbocycles. The highest BCUT2D eigenvalue weighted by molar-refractivity contribution is 5.77. The quantitative estimate of drug-likeness (QED) is 0.521. The fourth-order valence-corrected chi connectivity index (χ4v) is 1.76. The van der Waals surface area contributed by atoms with E-state index in [2.05, 4.69) is 26.6 Å². The average Bonchev–Trinajstić information content (AvgIpc) is 2.62. The van der Waals surface area contributed by atoms with Crippen molar-refractivity contribution in [3.8, 4) is 0 Å². The van der Waals surface area contributed by atoms with Crippen LogP contribution in [0.15, 0.2) is 0 Å². The van der Waals surface area contributed by atoms with Gasteiger partial charge in [0.05, 0.1) is 0 Å². The number of H-pyrrole nitrogens is 2. The standard InChI is InChI=1S/C8H9N4/c1-2-9-3-5-6(1)12-8-7(5)10-4-11-8/h9,12H,1-3H2,(H,10,11). The van der Waals surface area contributed by atoms with Gasteiger partial charge in [-0.25, -0.2) is 4.98 Å². The maximum Gasteiger partial charge on any atom is 0.175 e. The van der Waals surface area contributed by atoms with E-state index < -0.39 is 0 Å². The van der Waals surface area contributed by atoms with E-state index in [1.165, 1.54) is 11.3 Å². The Hall–Kier alpha value is -1.29. The van der Waals surface area contributed by atoms with E-state index >= 15 is 0 Å². The number of imidazole rings is 1. The number of fused-ring (bicyclic) bond motifs is 3. The van der Waals surface area contributed by atoms with Crippen LogP contribution in [-0.4, -0.2) is 21.5 Å². The fraction of sp³-hybridized carbons (Fsp3) is 0.375. The van der Waals surface area contributed by atoms with E-state index in [1.807, 2.05) is 0 Å². The van der Waals surface area contributed by atoms with Crippen LogP contribution in [-0.2, 0) is 13.0 Å². The molecule has 1 aliphatic heterocycles. The summed E-state index contributed by atoms with van der Waals surface area (Å²) < 4.78 is 0. The summed E-state index contributed by atoms with van der Waals surface area (Å²) in [4.78, 5) is 10.4. The van der Waals surface area contributed by atoms with Gasteiger partial charge in [-0.05, 0) is 0 Å². The van der Waals surface area contributed by atoms with Crippen molar-refractivity contribution in [2.75, 3.05) is 6.54 Å². The van der Waals surface area contributed by atoms with Gasteiger partial charge < -0.3 is 15.3 Å². The number of aromatic nitrogens is 3. The van der Waals surface area contributed by atoms with Gasteiger partial charge in [-0.15, -0.1) is 0 Å². The molecule has 3 N–H and O–H groups in total. The minimum Gasteiger partial charge on any atom is -0.343 e. The molecule has 0 spiro atoms. The number of hydrogen-bond donors (Lipinski definition) is 3. The van der Waals surface area contributed by atoms with Crippen molar-refractivity contribution >= 4 is 11.2 Å². The molecule has 0 atom stereocenters. The highest BCUT2D eigenvalue weighted by Gasteiger charge is 2.15. The first-order valence-corrected chi connectivity index (χ1v) is 4.11. The third kappa shape index (κ3) is 0.674. The molecule has 0 amide bonds. The summed E-state index contributed by atoms with van der Waals surface area (Å²) >= 11 is 0. The molecule has 0 saturated heterocycles. The molecule has 0 fully saturated rings. The molecular weight excluding hydrogens is 152 g/mol. The van der Waals surface area contributed by atoms with Gasteiger partial charge in [-0.3, -0.25) is 0 Å². The molecule has 12 heavy (non-hydrogen) atoms.